The topological polar surface area (TPSA) is 133 Å². The van der Waals surface area contributed by atoms with Gasteiger partial charge < -0.3 is 4.57 Å². The van der Waals surface area contributed by atoms with Gasteiger partial charge in [-0.3, -0.25) is 0 Å². The number of hydrogen-bond donors (Lipinski definition) is 0. The van der Waals surface area contributed by atoms with Crippen LogP contribution in [0.2, 0.25) is 0 Å². The Morgan fingerprint density at radius 1 is 0.345 bits per heavy atom. The third-order valence-corrected chi connectivity index (χ3v) is 11.1. The molecule has 286 valence electrons. The summed E-state index contributed by atoms with van der Waals surface area (Å²) in [5.74, 6) is 5.41. The second-order valence-corrected chi connectivity index (χ2v) is 18.3. The molecule has 58 heavy (non-hydrogen) atoms. The Kier molecular flexibility index (Phi) is 10.6. The van der Waals surface area contributed by atoms with Gasteiger partial charge in [-0.05, 0) is 25.5 Å². The largest absolute Gasteiger partial charge is 0.319 e. The van der Waals surface area contributed by atoms with Gasteiger partial charge in [0.25, 0.3) is 0 Å². The van der Waals surface area contributed by atoms with Gasteiger partial charge in [0, 0.05) is 56.1 Å². The summed E-state index contributed by atoms with van der Waals surface area (Å²) in [6.07, 6.45) is 0. The van der Waals surface area contributed by atoms with E-state index in [4.69, 9.17) is 44.9 Å². The molecule has 0 spiro atoms. The summed E-state index contributed by atoms with van der Waals surface area (Å²) in [7, 11) is -2.41. The molecule has 0 aliphatic rings. The zero-order valence-electron chi connectivity index (χ0n) is 33.2. The molecular weight excluding hydrogens is 738 g/mol. The van der Waals surface area contributed by atoms with Crippen LogP contribution < -0.4 is 5.30 Å². The fraction of sp³-hybridized carbons (Fsp3) is 0.170. The molecule has 10 nitrogen and oxygen atoms in total. The van der Waals surface area contributed by atoms with Gasteiger partial charge in [0.1, 0.15) is 18.8 Å². The van der Waals surface area contributed by atoms with Crippen molar-refractivity contribution in [2.24, 2.45) is 0 Å². The van der Waals surface area contributed by atoms with E-state index in [1.807, 2.05) is 133 Å². The van der Waals surface area contributed by atoms with E-state index in [9.17, 15) is 4.57 Å². The first-order valence-corrected chi connectivity index (χ1v) is 21.8. The second kappa shape index (κ2) is 16.1. The molecule has 0 aliphatic carbocycles. The predicted molar refractivity (Wildman–Crippen MR) is 232 cm³/mol. The highest BCUT2D eigenvalue weighted by atomic mass is 31.2. The first-order chi connectivity index (χ1) is 28.0. The first kappa shape index (κ1) is 38.2. The zero-order valence-corrected chi connectivity index (χ0v) is 34.1. The Balaban J connectivity index is 1.22. The lowest BCUT2D eigenvalue weighted by atomic mass is 10.1. The van der Waals surface area contributed by atoms with Crippen molar-refractivity contribution in [3.05, 3.63) is 145 Å². The van der Waals surface area contributed by atoms with Crippen molar-refractivity contribution in [3.63, 3.8) is 0 Å². The molecule has 0 saturated carbocycles. The molecule has 8 aromatic rings. The number of benzene rings is 5. The van der Waals surface area contributed by atoms with Crippen LogP contribution in [0.5, 0.6) is 0 Å². The van der Waals surface area contributed by atoms with Gasteiger partial charge in [0.15, 0.2) is 40.8 Å². The van der Waals surface area contributed by atoms with E-state index in [1.54, 1.807) is 13.3 Å². The van der Waals surface area contributed by atoms with Crippen molar-refractivity contribution in [1.82, 2.24) is 44.9 Å². The van der Waals surface area contributed by atoms with Gasteiger partial charge >= 0.3 is 0 Å². The van der Waals surface area contributed by atoms with E-state index in [-0.39, 0.29) is 11.8 Å². The van der Waals surface area contributed by atoms with E-state index < -0.39 is 7.14 Å². The van der Waals surface area contributed by atoms with Crippen LogP contribution in [0.25, 0.3) is 79.7 Å². The van der Waals surface area contributed by atoms with Gasteiger partial charge in [0.05, 0.1) is 0 Å². The quantitative estimate of drug-likeness (QED) is 0.124. The molecule has 0 amide bonds. The van der Waals surface area contributed by atoms with Crippen molar-refractivity contribution < 1.29 is 4.57 Å². The Hall–Kier alpha value is -6.64. The Bertz CT molecular complexity index is 2790. The fourth-order valence-corrected chi connectivity index (χ4v) is 7.19. The van der Waals surface area contributed by atoms with Gasteiger partial charge in [-0.15, -0.1) is 0 Å². The molecule has 3 aromatic heterocycles. The third-order valence-electron chi connectivity index (χ3n) is 9.54. The van der Waals surface area contributed by atoms with Crippen LogP contribution >= 0.6 is 7.14 Å². The molecule has 11 heteroatoms. The molecule has 0 atom stereocenters. The number of hydrogen-bond acceptors (Lipinski definition) is 10. The monoisotopic (exact) mass is 779 g/mol. The standard InChI is InChI=1S/C47H42N9OP/c1-29(2)39-48-41(31-15-9-7-10-16-31)52-44(50-39)34-19-13-21-36(27-34)46-53-42(32-17-11-8-12-18-32)54-47(56-46)37-22-14-20-35(28-37)45-51-40(30(3)4)49-43(55-45)33-23-25-38(26-24-33)58(5,6)57/h7-30H,1-6H3. The number of rotatable bonds is 10. The third kappa shape index (κ3) is 8.38. The van der Waals surface area contributed by atoms with Gasteiger partial charge in [-0.2, -0.15) is 0 Å². The summed E-state index contributed by atoms with van der Waals surface area (Å²) < 4.78 is 12.7. The van der Waals surface area contributed by atoms with Crippen LogP contribution in [-0.4, -0.2) is 58.2 Å². The highest BCUT2D eigenvalue weighted by molar-refractivity contribution is 7.70. The first-order valence-electron chi connectivity index (χ1n) is 19.2. The Labute approximate surface area is 338 Å². The smallest absolute Gasteiger partial charge is 0.164 e. The van der Waals surface area contributed by atoms with Gasteiger partial charge in [-0.25, -0.2) is 44.9 Å². The molecular formula is C47H42N9OP. The van der Waals surface area contributed by atoms with Crippen LogP contribution in [0.3, 0.4) is 0 Å². The molecule has 0 radical (unpaired) electrons. The molecule has 0 unspecified atom stereocenters. The molecule has 0 fully saturated rings. The molecule has 5 aromatic carbocycles. The summed E-state index contributed by atoms with van der Waals surface area (Å²) in [4.78, 5) is 44.3. The maximum absolute atomic E-state index is 12.7. The average Bonchev–Trinajstić information content (AvgIpc) is 3.26. The van der Waals surface area contributed by atoms with E-state index >= 15 is 0 Å². The highest BCUT2D eigenvalue weighted by Gasteiger charge is 2.19. The van der Waals surface area contributed by atoms with Crippen LogP contribution in [0.1, 0.15) is 51.2 Å². The minimum absolute atomic E-state index is 0.0594. The van der Waals surface area contributed by atoms with Crippen LogP contribution in [0.4, 0.5) is 0 Å². The fourth-order valence-electron chi connectivity index (χ4n) is 6.32. The molecule has 8 rings (SSSR count). The van der Waals surface area contributed by atoms with E-state index in [0.717, 1.165) is 50.1 Å². The van der Waals surface area contributed by atoms with Crippen molar-refractivity contribution in [3.8, 4) is 79.7 Å². The Morgan fingerprint density at radius 2 is 0.621 bits per heavy atom. The van der Waals surface area contributed by atoms with Gasteiger partial charge in [0.2, 0.25) is 0 Å². The Morgan fingerprint density at radius 3 is 0.948 bits per heavy atom. The molecule has 0 aliphatic heterocycles. The lowest BCUT2D eigenvalue weighted by Gasteiger charge is -2.12. The van der Waals surface area contributed by atoms with Crippen LogP contribution in [0.15, 0.2) is 133 Å². The maximum atomic E-state index is 12.7. The van der Waals surface area contributed by atoms with Crippen molar-refractivity contribution in [2.75, 3.05) is 13.3 Å². The molecule has 3 heterocycles. The number of nitrogens with zero attached hydrogens (tertiary/aromatic N) is 9. The number of aromatic nitrogens is 9. The highest BCUT2D eigenvalue weighted by Crippen LogP contribution is 2.35. The van der Waals surface area contributed by atoms with Crippen molar-refractivity contribution in [1.29, 1.82) is 0 Å². The molecule has 0 N–H and O–H groups in total. The lowest BCUT2D eigenvalue weighted by molar-refractivity contribution is 0.588. The lowest BCUT2D eigenvalue weighted by Crippen LogP contribution is -2.06. The molecule has 0 saturated heterocycles. The van der Waals surface area contributed by atoms with E-state index in [0.29, 0.717) is 46.6 Å². The van der Waals surface area contributed by atoms with Crippen LogP contribution in [0, 0.1) is 0 Å². The normalized spacial score (nSPS) is 11.7. The minimum Gasteiger partial charge on any atom is -0.319 e. The summed E-state index contributed by atoms with van der Waals surface area (Å²) >= 11 is 0. The van der Waals surface area contributed by atoms with Gasteiger partial charge in [-0.1, -0.05) is 149 Å². The average molecular weight is 780 g/mol. The second-order valence-electron chi connectivity index (χ2n) is 15.1. The maximum Gasteiger partial charge on any atom is 0.164 e. The summed E-state index contributed by atoms with van der Waals surface area (Å²) in [6, 6.07) is 43.4. The van der Waals surface area contributed by atoms with Crippen molar-refractivity contribution in [2.45, 2.75) is 39.5 Å². The van der Waals surface area contributed by atoms with E-state index in [1.165, 1.54) is 0 Å². The molecule has 0 bridgehead atoms. The van der Waals surface area contributed by atoms with Crippen LogP contribution in [-0.2, 0) is 4.57 Å². The summed E-state index contributed by atoms with van der Waals surface area (Å²) in [5, 5.41) is 0.809. The minimum atomic E-state index is -2.41. The van der Waals surface area contributed by atoms with Crippen molar-refractivity contribution >= 4 is 12.4 Å². The SMILES string of the molecule is CC(C)c1nc(-c2ccccc2)nc(-c2cccc(-c3nc(-c4ccccc4)nc(-c4cccc(-c5nc(-c6ccc(P(C)(C)=O)cc6)nc(C(C)C)n5)c4)n3)c2)n1. The predicted octanol–water partition coefficient (Wildman–Crippen LogP) is 10.4. The van der Waals surface area contributed by atoms with E-state index in [2.05, 4.69) is 27.7 Å². The zero-order chi connectivity index (χ0) is 40.4. The summed E-state index contributed by atoms with van der Waals surface area (Å²) in [5.41, 5.74) is 5.80. The summed E-state index contributed by atoms with van der Waals surface area (Å²) in [6.45, 7) is 11.8.